The van der Waals surface area contributed by atoms with E-state index >= 15 is 0 Å². The van der Waals surface area contributed by atoms with Gasteiger partial charge >= 0.3 is 0 Å². The SMILES string of the molecule is CCNc1nc(-c2cscn2)nc(C)c1CC. The Kier molecular flexibility index (Phi) is 3.68. The van der Waals surface area contributed by atoms with Gasteiger partial charge in [-0.1, -0.05) is 6.92 Å². The first kappa shape index (κ1) is 12.0. The van der Waals surface area contributed by atoms with Crippen LogP contribution in [-0.4, -0.2) is 21.5 Å². The fourth-order valence-corrected chi connectivity index (χ4v) is 2.30. The van der Waals surface area contributed by atoms with E-state index in [9.17, 15) is 0 Å². The van der Waals surface area contributed by atoms with Crippen LogP contribution in [0.1, 0.15) is 25.1 Å². The van der Waals surface area contributed by atoms with Crippen molar-refractivity contribution in [2.45, 2.75) is 27.2 Å². The van der Waals surface area contributed by atoms with Gasteiger partial charge in [-0.2, -0.15) is 0 Å². The molecule has 0 atom stereocenters. The third kappa shape index (κ3) is 2.44. The second kappa shape index (κ2) is 5.23. The molecule has 0 fully saturated rings. The molecule has 0 saturated carbocycles. The molecule has 0 spiro atoms. The number of hydrogen-bond acceptors (Lipinski definition) is 5. The van der Waals surface area contributed by atoms with Gasteiger partial charge in [0.05, 0.1) is 5.51 Å². The molecule has 5 heteroatoms. The number of aromatic nitrogens is 3. The topological polar surface area (TPSA) is 50.7 Å². The fourth-order valence-electron chi connectivity index (χ4n) is 1.77. The first-order valence-electron chi connectivity index (χ1n) is 5.76. The fraction of sp³-hybridized carbons (Fsp3) is 0.417. The molecule has 2 aromatic heterocycles. The van der Waals surface area contributed by atoms with Crippen molar-refractivity contribution in [3.05, 3.63) is 22.1 Å². The van der Waals surface area contributed by atoms with Gasteiger partial charge in [-0.15, -0.1) is 11.3 Å². The van der Waals surface area contributed by atoms with Crippen molar-refractivity contribution < 1.29 is 0 Å². The summed E-state index contributed by atoms with van der Waals surface area (Å²) in [6.45, 7) is 7.08. The Balaban J connectivity index is 2.50. The Morgan fingerprint density at radius 1 is 1.29 bits per heavy atom. The van der Waals surface area contributed by atoms with Crippen molar-refractivity contribution >= 4 is 17.2 Å². The molecular weight excluding hydrogens is 232 g/mol. The van der Waals surface area contributed by atoms with Crippen LogP contribution in [0.25, 0.3) is 11.5 Å². The van der Waals surface area contributed by atoms with Crippen molar-refractivity contribution in [2.24, 2.45) is 0 Å². The summed E-state index contributed by atoms with van der Waals surface area (Å²) < 4.78 is 0. The zero-order chi connectivity index (χ0) is 12.3. The van der Waals surface area contributed by atoms with Crippen LogP contribution < -0.4 is 5.32 Å². The molecule has 0 saturated heterocycles. The van der Waals surface area contributed by atoms with Crippen LogP contribution in [0.5, 0.6) is 0 Å². The Hall–Kier alpha value is -1.49. The molecule has 0 radical (unpaired) electrons. The van der Waals surface area contributed by atoms with Gasteiger partial charge in [0.2, 0.25) is 0 Å². The summed E-state index contributed by atoms with van der Waals surface area (Å²) in [5, 5.41) is 5.26. The lowest BCUT2D eigenvalue weighted by atomic mass is 10.1. The van der Waals surface area contributed by atoms with Crippen molar-refractivity contribution in [3.8, 4) is 11.5 Å². The van der Waals surface area contributed by atoms with Gasteiger partial charge in [-0.25, -0.2) is 15.0 Å². The maximum absolute atomic E-state index is 4.56. The highest BCUT2D eigenvalue weighted by molar-refractivity contribution is 7.07. The summed E-state index contributed by atoms with van der Waals surface area (Å²) in [7, 11) is 0. The molecular formula is C12H16N4S. The lowest BCUT2D eigenvalue weighted by Gasteiger charge is -2.11. The number of aryl methyl sites for hydroxylation is 1. The third-order valence-electron chi connectivity index (χ3n) is 2.57. The summed E-state index contributed by atoms with van der Waals surface area (Å²) in [5.41, 5.74) is 4.86. The van der Waals surface area contributed by atoms with Gasteiger partial charge < -0.3 is 5.32 Å². The van der Waals surface area contributed by atoms with Gasteiger partial charge in [-0.3, -0.25) is 0 Å². The van der Waals surface area contributed by atoms with Gasteiger partial charge in [0.15, 0.2) is 5.82 Å². The number of thiazole rings is 1. The molecule has 90 valence electrons. The largest absolute Gasteiger partial charge is 0.370 e. The van der Waals surface area contributed by atoms with E-state index in [2.05, 4.69) is 34.1 Å². The average Bonchev–Trinajstić information content (AvgIpc) is 2.82. The Labute approximate surface area is 105 Å². The molecule has 0 aliphatic heterocycles. The van der Waals surface area contributed by atoms with E-state index in [1.807, 2.05) is 12.3 Å². The summed E-state index contributed by atoms with van der Waals surface area (Å²) in [6, 6.07) is 0. The van der Waals surface area contributed by atoms with E-state index in [-0.39, 0.29) is 0 Å². The minimum absolute atomic E-state index is 0.705. The summed E-state index contributed by atoms with van der Waals surface area (Å²) >= 11 is 1.56. The van der Waals surface area contributed by atoms with E-state index in [1.54, 1.807) is 16.8 Å². The second-order valence-corrected chi connectivity index (χ2v) is 4.44. The summed E-state index contributed by atoms with van der Waals surface area (Å²) in [6.07, 6.45) is 0.936. The summed E-state index contributed by atoms with van der Waals surface area (Å²) in [5.74, 6) is 1.64. The molecule has 4 nitrogen and oxygen atoms in total. The van der Waals surface area contributed by atoms with Gasteiger partial charge in [0.25, 0.3) is 0 Å². The van der Waals surface area contributed by atoms with Crippen molar-refractivity contribution in [1.29, 1.82) is 0 Å². The van der Waals surface area contributed by atoms with Crippen LogP contribution >= 0.6 is 11.3 Å². The third-order valence-corrected chi connectivity index (χ3v) is 3.16. The molecule has 2 aromatic rings. The monoisotopic (exact) mass is 248 g/mol. The molecule has 1 N–H and O–H groups in total. The van der Waals surface area contributed by atoms with E-state index in [0.29, 0.717) is 5.82 Å². The van der Waals surface area contributed by atoms with Crippen molar-refractivity contribution in [3.63, 3.8) is 0 Å². The molecule has 2 rings (SSSR count). The lowest BCUT2D eigenvalue weighted by Crippen LogP contribution is -2.08. The minimum Gasteiger partial charge on any atom is -0.370 e. The van der Waals surface area contributed by atoms with Crippen LogP contribution in [0.2, 0.25) is 0 Å². The molecule has 2 heterocycles. The lowest BCUT2D eigenvalue weighted by molar-refractivity contribution is 0.985. The molecule has 0 unspecified atom stereocenters. The van der Waals surface area contributed by atoms with Crippen LogP contribution in [0.3, 0.4) is 0 Å². The Morgan fingerprint density at radius 3 is 2.71 bits per heavy atom. The van der Waals surface area contributed by atoms with E-state index in [4.69, 9.17) is 0 Å². The van der Waals surface area contributed by atoms with E-state index in [1.165, 1.54) is 5.56 Å². The number of hydrogen-bond donors (Lipinski definition) is 1. The second-order valence-electron chi connectivity index (χ2n) is 3.72. The highest BCUT2D eigenvalue weighted by Crippen LogP contribution is 2.22. The highest BCUT2D eigenvalue weighted by Gasteiger charge is 2.11. The Bertz CT molecular complexity index is 493. The van der Waals surface area contributed by atoms with Crippen molar-refractivity contribution in [1.82, 2.24) is 15.0 Å². The van der Waals surface area contributed by atoms with Gasteiger partial charge in [-0.05, 0) is 20.3 Å². The van der Waals surface area contributed by atoms with Crippen LogP contribution in [0.4, 0.5) is 5.82 Å². The molecule has 17 heavy (non-hydrogen) atoms. The number of nitrogens with one attached hydrogen (secondary N) is 1. The predicted octanol–water partition coefficient (Wildman–Crippen LogP) is 2.90. The molecule has 0 aliphatic rings. The van der Waals surface area contributed by atoms with Crippen LogP contribution in [-0.2, 0) is 6.42 Å². The summed E-state index contributed by atoms with van der Waals surface area (Å²) in [4.78, 5) is 13.3. The number of nitrogens with zero attached hydrogens (tertiary/aromatic N) is 3. The quantitative estimate of drug-likeness (QED) is 0.904. The highest BCUT2D eigenvalue weighted by atomic mass is 32.1. The molecule has 0 bridgehead atoms. The van der Waals surface area contributed by atoms with E-state index < -0.39 is 0 Å². The molecule has 0 aromatic carbocycles. The number of anilines is 1. The zero-order valence-electron chi connectivity index (χ0n) is 10.3. The minimum atomic E-state index is 0.705. The molecule has 0 aliphatic carbocycles. The zero-order valence-corrected chi connectivity index (χ0v) is 11.1. The predicted molar refractivity (Wildman–Crippen MR) is 71.4 cm³/mol. The van der Waals surface area contributed by atoms with Crippen LogP contribution in [0, 0.1) is 6.92 Å². The van der Waals surface area contributed by atoms with Crippen molar-refractivity contribution in [2.75, 3.05) is 11.9 Å². The smallest absolute Gasteiger partial charge is 0.181 e. The molecule has 0 amide bonds. The first-order valence-corrected chi connectivity index (χ1v) is 6.70. The maximum atomic E-state index is 4.56. The first-order chi connectivity index (χ1) is 8.26. The van der Waals surface area contributed by atoms with Gasteiger partial charge in [0.1, 0.15) is 11.5 Å². The average molecular weight is 248 g/mol. The van der Waals surface area contributed by atoms with Crippen LogP contribution in [0.15, 0.2) is 10.9 Å². The standard InChI is InChI=1S/C12H16N4S/c1-4-9-8(3)15-12(10-6-17-7-14-10)16-11(9)13-5-2/h6-7H,4-5H2,1-3H3,(H,13,15,16). The number of rotatable bonds is 4. The maximum Gasteiger partial charge on any atom is 0.181 e. The Morgan fingerprint density at radius 2 is 2.12 bits per heavy atom. The van der Waals surface area contributed by atoms with Gasteiger partial charge in [0, 0.05) is 23.2 Å². The normalized spacial score (nSPS) is 10.5. The van der Waals surface area contributed by atoms with E-state index in [0.717, 1.165) is 30.2 Å².